The van der Waals surface area contributed by atoms with Crippen molar-refractivity contribution < 1.29 is 105 Å². The Bertz CT molecular complexity index is 7920. The van der Waals surface area contributed by atoms with E-state index in [1.807, 2.05) is 364 Å². The van der Waals surface area contributed by atoms with Gasteiger partial charge in [0, 0.05) is 160 Å². The molecule has 8 aromatic heterocycles. The van der Waals surface area contributed by atoms with Crippen molar-refractivity contribution in [2.75, 3.05) is 19.6 Å². The maximum absolute atomic E-state index is 10.7. The molecule has 22 rings (SSSR count). The molecular weight excluding hydrogens is 2550 g/mol. The predicted octanol–water partition coefficient (Wildman–Crippen LogP) is 31.8. The quantitative estimate of drug-likeness (QED) is 0.0467. The van der Waals surface area contributed by atoms with Crippen LogP contribution in [0.1, 0.15) is 26.3 Å². The van der Waals surface area contributed by atoms with Gasteiger partial charge in [0.2, 0.25) is 0 Å². The zero-order valence-corrected chi connectivity index (χ0v) is 89.4. The first-order valence-corrected chi connectivity index (χ1v) is 47.2. The van der Waals surface area contributed by atoms with Crippen LogP contribution in [0, 0.1) is 24.3 Å². The van der Waals surface area contributed by atoms with Crippen LogP contribution in [-0.2, 0) is 89.7 Å². The van der Waals surface area contributed by atoms with Gasteiger partial charge in [0.1, 0.15) is 46.3 Å². The maximum Gasteiger partial charge on any atom is 0.136 e. The van der Waals surface area contributed by atoms with Crippen LogP contribution in [0.2, 0.25) is 0 Å². The molecule has 0 amide bonds. The van der Waals surface area contributed by atoms with Gasteiger partial charge in [-0.1, -0.05) is 263 Å². The van der Waals surface area contributed by atoms with Crippen molar-refractivity contribution in [1.82, 2.24) is 39.9 Å². The van der Waals surface area contributed by atoms with E-state index in [9.17, 15) is 20.4 Å². The van der Waals surface area contributed by atoms with E-state index in [1.54, 1.807) is 55.1 Å². The van der Waals surface area contributed by atoms with Crippen LogP contribution in [0.15, 0.2) is 504 Å². The fourth-order valence-electron chi connectivity index (χ4n) is 16.8. The van der Waals surface area contributed by atoms with Gasteiger partial charge in [-0.25, -0.2) is 19.9 Å². The Morgan fingerprint density at radius 1 is 0.203 bits per heavy atom. The van der Waals surface area contributed by atoms with Gasteiger partial charge in [-0.05, 0) is 237 Å². The normalized spacial score (nSPS) is 10.6. The van der Waals surface area contributed by atoms with Gasteiger partial charge in [-0.2, -0.15) is 0 Å². The van der Waals surface area contributed by atoms with E-state index in [0.717, 1.165) is 153 Å². The third-order valence-electron chi connectivity index (χ3n) is 23.8. The van der Waals surface area contributed by atoms with Gasteiger partial charge in [0.05, 0.1) is 22.8 Å². The Hall–Kier alpha value is -16.6. The Labute approximate surface area is 920 Å². The number of aromatic hydroxyl groups is 4. The van der Waals surface area contributed by atoms with Crippen molar-refractivity contribution in [3.8, 4) is 135 Å². The second-order valence-electron chi connectivity index (χ2n) is 34.5. The molecule has 0 radical (unpaired) electrons. The Morgan fingerprint density at radius 3 is 0.824 bits per heavy atom. The number of nitrogens with zero attached hydrogens (tertiary/aromatic N) is 12. The second-order valence-corrected chi connectivity index (χ2v) is 34.5. The van der Waals surface area contributed by atoms with Crippen LogP contribution in [0.4, 0.5) is 68.8 Å². The van der Waals surface area contributed by atoms with E-state index in [2.05, 4.69) is 170 Å². The Kier molecular flexibility index (Phi) is 36.3. The molecule has 0 atom stereocenters. The van der Waals surface area contributed by atoms with Gasteiger partial charge in [0.15, 0.2) is 0 Å². The van der Waals surface area contributed by atoms with Crippen molar-refractivity contribution in [1.29, 1.82) is 0 Å². The molecule has 736 valence electrons. The summed E-state index contributed by atoms with van der Waals surface area (Å²) in [5, 5.41) is 42.1. The molecule has 22 aromatic rings. The number of phenolic OH excluding ortho intramolecular Hbond substituents is 4. The SMILES string of the molecule is CC(C)(C)c1cc(-c2[c-]c(N(c3ccccc3)c3ccccn3)ccc2)nc(-c2ccccc2O)c1.Oc1ccccc1-c1cc(-c2ccccc2)cc(-c2[c-]c(N(c3ccccc3)c3ccccn3)ccc2)n1.Oc1ccccc1-c1cccc(-c2[c-]c(N(c3ccccc3)c3ccccn3)ccc2)n1.Oc1ccccc1-c1nc(-c2[c-]c(N(c3ccccc3)c3ccccn3)ccc2)ccc1-c1ccccc1.[Pt].[Pt].[Pt].[Pt]. The number of para-hydroxylation sites is 8. The average molecular weight is 2650 g/mol. The molecule has 0 fully saturated rings. The number of rotatable bonds is 22. The van der Waals surface area contributed by atoms with E-state index in [1.165, 1.54) is 0 Å². The summed E-state index contributed by atoms with van der Waals surface area (Å²) >= 11 is 0. The number of aromatic nitrogens is 8. The van der Waals surface area contributed by atoms with Crippen LogP contribution in [-0.4, -0.2) is 60.3 Å². The van der Waals surface area contributed by atoms with Crippen molar-refractivity contribution in [2.45, 2.75) is 26.2 Å². The van der Waals surface area contributed by atoms with Gasteiger partial charge in [-0.15, -0.1) is 119 Å². The fraction of sp³-hybridized carbons (Fsp3) is 0.0312. The minimum atomic E-state index is -0.0987. The summed E-state index contributed by atoms with van der Waals surface area (Å²) in [6, 6.07) is 170. The summed E-state index contributed by atoms with van der Waals surface area (Å²) < 4.78 is 0. The zero-order chi connectivity index (χ0) is 98.3. The summed E-state index contributed by atoms with van der Waals surface area (Å²) in [5.41, 5.74) is 24.7. The van der Waals surface area contributed by atoms with E-state index in [-0.39, 0.29) is 113 Å². The topological polar surface area (TPSA) is 197 Å². The van der Waals surface area contributed by atoms with E-state index in [0.29, 0.717) is 33.6 Å². The molecule has 20 heteroatoms. The molecule has 16 nitrogen and oxygen atoms in total. The average Bonchev–Trinajstić information content (AvgIpc) is 0.816. The molecule has 0 saturated carbocycles. The smallest absolute Gasteiger partial charge is 0.136 e. The van der Waals surface area contributed by atoms with Crippen molar-refractivity contribution >= 4 is 68.8 Å². The van der Waals surface area contributed by atoms with Crippen LogP contribution >= 0.6 is 0 Å². The number of phenols is 4. The Morgan fingerprint density at radius 2 is 0.473 bits per heavy atom. The standard InChI is InChI=1S/2C34H24N3O.C32H28N3O.C28H20N3O.4Pt/c38-32-19-8-7-18-30(32)34-29(25-12-3-1-4-13-25)21-22-31(36-34)26-14-11-17-28(24-26)37(27-15-5-2-6-16-27)33-20-9-10-23-35-33;38-33-19-8-7-18-30(33)32-24-27(25-12-3-1-4-13-25)23-31(36-32)26-14-11-17-29(22-26)37(28-15-5-2-6-16-28)34-20-9-10-21-35-34;1-32(2,3)24-21-28(34-29(22-24)27-16-7-8-17-30(27)36)23-12-11-15-26(20-23)35(25-13-5-4-6-14-25)31-18-9-10-19-33-31;32-27-17-5-4-14-24(27)26-16-9-15-25(30-26)21-10-8-13-23(20-21)31(22-11-2-1-3-12-22)28-18-6-7-19-29-28;;;;/h1-23,38H;1-21,23-24,38H;4-19,21-22,36H,1-3H3;1-19,32H;;;;/q4*-1;;;;. The number of hydrogen-bond acceptors (Lipinski definition) is 16. The summed E-state index contributed by atoms with van der Waals surface area (Å²) in [7, 11) is 0. The molecule has 0 aliphatic rings. The first-order valence-electron chi connectivity index (χ1n) is 47.2. The first-order chi connectivity index (χ1) is 70.7. The fourth-order valence-corrected chi connectivity index (χ4v) is 16.8. The molecule has 0 aliphatic carbocycles. The minimum Gasteiger partial charge on any atom is -0.507 e. The van der Waals surface area contributed by atoms with Gasteiger partial charge < -0.3 is 40.0 Å². The third kappa shape index (κ3) is 25.7. The van der Waals surface area contributed by atoms with Gasteiger partial charge in [-0.3, -0.25) is 19.9 Å². The first kappa shape index (κ1) is 106. The summed E-state index contributed by atoms with van der Waals surface area (Å²) in [4.78, 5) is 46.5. The molecule has 14 aromatic carbocycles. The zero-order valence-electron chi connectivity index (χ0n) is 80.3. The van der Waals surface area contributed by atoms with Crippen LogP contribution in [0.25, 0.3) is 112 Å². The minimum absolute atomic E-state index is 0. The molecule has 0 unspecified atom stereocenters. The van der Waals surface area contributed by atoms with Gasteiger partial charge >= 0.3 is 0 Å². The third-order valence-corrected chi connectivity index (χ3v) is 23.8. The summed E-state index contributed by atoms with van der Waals surface area (Å²) in [6.45, 7) is 6.54. The molecule has 4 N–H and O–H groups in total. The van der Waals surface area contributed by atoms with Crippen molar-refractivity contribution in [2.24, 2.45) is 0 Å². The monoisotopic (exact) mass is 2640 g/mol. The maximum atomic E-state index is 10.7. The number of hydrogen-bond donors (Lipinski definition) is 4. The van der Waals surface area contributed by atoms with E-state index < -0.39 is 0 Å². The largest absolute Gasteiger partial charge is 0.507 e. The molecular formula is C128H96N12O4Pt4-4. The van der Waals surface area contributed by atoms with Crippen molar-refractivity contribution in [3.63, 3.8) is 0 Å². The van der Waals surface area contributed by atoms with Gasteiger partial charge in [0.25, 0.3) is 0 Å². The Balaban J connectivity index is 0.000000147. The molecule has 0 saturated heterocycles. The predicted molar refractivity (Wildman–Crippen MR) is 582 cm³/mol. The van der Waals surface area contributed by atoms with Crippen molar-refractivity contribution in [3.05, 3.63) is 534 Å². The number of anilines is 12. The second kappa shape index (κ2) is 50.8. The van der Waals surface area contributed by atoms with E-state index >= 15 is 0 Å². The molecule has 0 aliphatic heterocycles. The van der Waals surface area contributed by atoms with E-state index in [4.69, 9.17) is 19.9 Å². The van der Waals surface area contributed by atoms with Crippen LogP contribution in [0.5, 0.6) is 23.0 Å². The number of benzene rings is 14. The molecule has 0 spiro atoms. The molecule has 0 bridgehead atoms. The molecule has 8 heterocycles. The van der Waals surface area contributed by atoms with Crippen LogP contribution in [0.3, 0.4) is 0 Å². The number of pyridine rings is 8. The summed E-state index contributed by atoms with van der Waals surface area (Å²) in [5.74, 6) is 4.02. The van der Waals surface area contributed by atoms with Crippen LogP contribution < -0.4 is 19.6 Å². The molecule has 148 heavy (non-hydrogen) atoms. The summed E-state index contributed by atoms with van der Waals surface area (Å²) in [6.07, 6.45) is 7.16.